The summed E-state index contributed by atoms with van der Waals surface area (Å²) < 4.78 is 2.63. The maximum atomic E-state index is 12.8. The largest absolute Gasteiger partial charge is 0.398 e. The molecule has 0 saturated heterocycles. The van der Waals surface area contributed by atoms with E-state index in [1.807, 2.05) is 54.7 Å². The molecule has 4 rings (SSSR count). The molecule has 0 spiro atoms. The molecule has 3 aromatic rings. The zero-order valence-corrected chi connectivity index (χ0v) is 16.1. The number of nitrogens with zero attached hydrogens (tertiary/aromatic N) is 5. The Morgan fingerprint density at radius 2 is 1.96 bits per heavy atom. The number of amides is 1. The molecule has 8 heteroatoms. The number of fused-ring (bicyclic) bond motifs is 1. The Kier molecular flexibility index (Phi) is 4.72. The summed E-state index contributed by atoms with van der Waals surface area (Å²) in [7, 11) is 1.43. The molecule has 27 heavy (non-hydrogen) atoms. The second kappa shape index (κ2) is 7.32. The third-order valence-electron chi connectivity index (χ3n) is 4.23. The van der Waals surface area contributed by atoms with Gasteiger partial charge in [0, 0.05) is 10.0 Å². The molecule has 2 aromatic carbocycles. The van der Waals surface area contributed by atoms with Crippen molar-refractivity contribution >= 4 is 33.2 Å². The van der Waals surface area contributed by atoms with Crippen molar-refractivity contribution in [3.63, 3.8) is 0 Å². The number of carbonyl (C=O) groups is 1. The van der Waals surface area contributed by atoms with Crippen molar-refractivity contribution in [2.75, 3.05) is 12.0 Å². The SMILES string of the molecule is CON=C1C(=O)N(Cc2cn(Cc3ccccc3)nn2)c2ccc(Br)cc21. The highest BCUT2D eigenvalue weighted by molar-refractivity contribution is 9.10. The number of halogens is 1. The van der Waals surface area contributed by atoms with Gasteiger partial charge in [0.2, 0.25) is 0 Å². The third-order valence-corrected chi connectivity index (χ3v) is 4.72. The molecule has 0 bridgehead atoms. The van der Waals surface area contributed by atoms with Crippen LogP contribution in [0.1, 0.15) is 16.8 Å². The van der Waals surface area contributed by atoms with Gasteiger partial charge in [-0.15, -0.1) is 5.10 Å². The van der Waals surface area contributed by atoms with Gasteiger partial charge in [-0.3, -0.25) is 4.79 Å². The second-order valence-corrected chi connectivity index (χ2v) is 6.98. The number of benzene rings is 2. The fraction of sp³-hybridized carbons (Fsp3) is 0.158. The maximum Gasteiger partial charge on any atom is 0.281 e. The number of anilines is 1. The standard InChI is InChI=1S/C19H16BrN5O2/c1-27-22-18-16-9-14(20)7-8-17(16)25(19(18)26)12-15-11-24(23-21-15)10-13-5-3-2-4-6-13/h2-9,11H,10,12H2,1H3. The predicted molar refractivity (Wildman–Crippen MR) is 104 cm³/mol. The monoisotopic (exact) mass is 425 g/mol. The molecule has 0 N–H and O–H groups in total. The van der Waals surface area contributed by atoms with Crippen LogP contribution in [0.3, 0.4) is 0 Å². The third kappa shape index (κ3) is 3.48. The Labute approximate surface area is 164 Å². The molecule has 0 atom stereocenters. The van der Waals surface area contributed by atoms with Crippen LogP contribution in [0.4, 0.5) is 5.69 Å². The summed E-state index contributed by atoms with van der Waals surface area (Å²) in [4.78, 5) is 19.3. The van der Waals surface area contributed by atoms with Gasteiger partial charge in [0.1, 0.15) is 12.8 Å². The predicted octanol–water partition coefficient (Wildman–Crippen LogP) is 2.99. The summed E-state index contributed by atoms with van der Waals surface area (Å²) in [5.41, 5.74) is 3.62. The van der Waals surface area contributed by atoms with Crippen molar-refractivity contribution in [1.82, 2.24) is 15.0 Å². The normalized spacial score (nSPS) is 14.7. The molecular formula is C19H16BrN5O2. The van der Waals surface area contributed by atoms with Crippen molar-refractivity contribution < 1.29 is 9.63 Å². The number of rotatable bonds is 5. The maximum absolute atomic E-state index is 12.8. The van der Waals surface area contributed by atoms with Gasteiger partial charge >= 0.3 is 0 Å². The van der Waals surface area contributed by atoms with Crippen molar-refractivity contribution in [3.8, 4) is 0 Å². The number of hydrogen-bond acceptors (Lipinski definition) is 5. The minimum atomic E-state index is -0.220. The first kappa shape index (κ1) is 17.4. The highest BCUT2D eigenvalue weighted by Gasteiger charge is 2.35. The average Bonchev–Trinajstić information content (AvgIpc) is 3.21. The van der Waals surface area contributed by atoms with Crippen LogP contribution in [0.2, 0.25) is 0 Å². The van der Waals surface area contributed by atoms with E-state index in [0.29, 0.717) is 18.8 Å². The number of carbonyl (C=O) groups excluding carboxylic acids is 1. The van der Waals surface area contributed by atoms with E-state index in [0.717, 1.165) is 21.3 Å². The van der Waals surface area contributed by atoms with E-state index in [1.54, 1.807) is 9.58 Å². The second-order valence-electron chi connectivity index (χ2n) is 6.07. The van der Waals surface area contributed by atoms with E-state index in [2.05, 4.69) is 31.4 Å². The van der Waals surface area contributed by atoms with Gasteiger partial charge < -0.3 is 9.74 Å². The lowest BCUT2D eigenvalue weighted by Gasteiger charge is -2.14. The van der Waals surface area contributed by atoms with E-state index in [-0.39, 0.29) is 11.6 Å². The van der Waals surface area contributed by atoms with Crippen molar-refractivity contribution in [2.24, 2.45) is 5.16 Å². The molecule has 0 unspecified atom stereocenters. The minimum absolute atomic E-state index is 0.220. The summed E-state index contributed by atoms with van der Waals surface area (Å²) in [5, 5.41) is 12.3. The molecule has 1 amide bonds. The zero-order chi connectivity index (χ0) is 18.8. The molecule has 0 fully saturated rings. The quantitative estimate of drug-likeness (QED) is 0.589. The van der Waals surface area contributed by atoms with E-state index < -0.39 is 0 Å². The highest BCUT2D eigenvalue weighted by atomic mass is 79.9. The topological polar surface area (TPSA) is 72.6 Å². The van der Waals surface area contributed by atoms with Crippen LogP contribution in [0.15, 0.2) is 64.4 Å². The fourth-order valence-electron chi connectivity index (χ4n) is 3.04. The van der Waals surface area contributed by atoms with Gasteiger partial charge in [0.15, 0.2) is 5.71 Å². The lowest BCUT2D eigenvalue weighted by atomic mass is 10.1. The number of hydrogen-bond donors (Lipinski definition) is 0. The van der Waals surface area contributed by atoms with Gasteiger partial charge in [0.25, 0.3) is 5.91 Å². The summed E-state index contributed by atoms with van der Waals surface area (Å²) in [5.74, 6) is -0.220. The Hall–Kier alpha value is -3.00. The lowest BCUT2D eigenvalue weighted by molar-refractivity contribution is -0.112. The van der Waals surface area contributed by atoms with Crippen molar-refractivity contribution in [3.05, 3.63) is 76.0 Å². The van der Waals surface area contributed by atoms with Crippen molar-refractivity contribution in [2.45, 2.75) is 13.1 Å². The first-order valence-corrected chi connectivity index (χ1v) is 9.11. The number of aromatic nitrogens is 3. The summed E-state index contributed by atoms with van der Waals surface area (Å²) in [6.45, 7) is 0.937. The number of oxime groups is 1. The minimum Gasteiger partial charge on any atom is -0.398 e. The Bertz CT molecular complexity index is 1020. The Morgan fingerprint density at radius 1 is 1.15 bits per heavy atom. The summed E-state index contributed by atoms with van der Waals surface area (Å²) in [6.07, 6.45) is 1.85. The Morgan fingerprint density at radius 3 is 2.74 bits per heavy atom. The molecule has 1 aliphatic heterocycles. The van der Waals surface area contributed by atoms with E-state index in [1.165, 1.54) is 7.11 Å². The molecule has 1 aromatic heterocycles. The van der Waals surface area contributed by atoms with Gasteiger partial charge in [-0.1, -0.05) is 56.6 Å². The van der Waals surface area contributed by atoms with E-state index in [4.69, 9.17) is 4.84 Å². The van der Waals surface area contributed by atoms with Crippen LogP contribution in [0.25, 0.3) is 0 Å². The fourth-order valence-corrected chi connectivity index (χ4v) is 3.40. The molecule has 0 aliphatic carbocycles. The van der Waals surface area contributed by atoms with Gasteiger partial charge in [-0.2, -0.15) is 0 Å². The molecular weight excluding hydrogens is 410 g/mol. The highest BCUT2D eigenvalue weighted by Crippen LogP contribution is 2.32. The summed E-state index contributed by atoms with van der Waals surface area (Å²) >= 11 is 3.43. The van der Waals surface area contributed by atoms with E-state index in [9.17, 15) is 4.79 Å². The lowest BCUT2D eigenvalue weighted by Crippen LogP contribution is -2.29. The first-order chi connectivity index (χ1) is 13.2. The van der Waals surface area contributed by atoms with Crippen LogP contribution < -0.4 is 4.90 Å². The van der Waals surface area contributed by atoms with Crippen LogP contribution >= 0.6 is 15.9 Å². The van der Waals surface area contributed by atoms with Gasteiger partial charge in [0.05, 0.1) is 25.0 Å². The first-order valence-electron chi connectivity index (χ1n) is 8.31. The van der Waals surface area contributed by atoms with E-state index >= 15 is 0 Å². The molecule has 7 nitrogen and oxygen atoms in total. The van der Waals surface area contributed by atoms with Crippen molar-refractivity contribution in [1.29, 1.82) is 0 Å². The average molecular weight is 426 g/mol. The van der Waals surface area contributed by atoms with Gasteiger partial charge in [-0.25, -0.2) is 4.68 Å². The molecule has 1 aliphatic rings. The molecule has 0 saturated carbocycles. The van der Waals surface area contributed by atoms with Crippen LogP contribution in [-0.4, -0.2) is 33.7 Å². The van der Waals surface area contributed by atoms with Crippen LogP contribution in [0, 0.1) is 0 Å². The Balaban J connectivity index is 1.58. The van der Waals surface area contributed by atoms with Gasteiger partial charge in [-0.05, 0) is 23.8 Å². The van der Waals surface area contributed by atoms with Crippen LogP contribution in [0.5, 0.6) is 0 Å². The smallest absolute Gasteiger partial charge is 0.281 e. The molecule has 136 valence electrons. The molecule has 0 radical (unpaired) electrons. The van der Waals surface area contributed by atoms with Crippen LogP contribution in [-0.2, 0) is 22.7 Å². The summed E-state index contributed by atoms with van der Waals surface area (Å²) in [6, 6.07) is 15.6. The zero-order valence-electron chi connectivity index (χ0n) is 14.5. The molecule has 2 heterocycles.